The van der Waals surface area contributed by atoms with Crippen LogP contribution in [0.4, 0.5) is 0 Å². The number of rotatable bonds is 5. The molecule has 2 aromatic carbocycles. The van der Waals surface area contributed by atoms with Crippen LogP contribution in [0.1, 0.15) is 81.1 Å². The molecule has 6 heteroatoms. The molecule has 3 saturated carbocycles. The van der Waals surface area contributed by atoms with Crippen LogP contribution in [-0.2, 0) is 16.0 Å². The third kappa shape index (κ3) is 4.60. The van der Waals surface area contributed by atoms with Crippen LogP contribution >= 0.6 is 0 Å². The summed E-state index contributed by atoms with van der Waals surface area (Å²) in [5, 5.41) is 5.66. The minimum atomic E-state index is -0.182. The Balaban J connectivity index is 1.02. The predicted octanol–water partition coefficient (Wildman–Crippen LogP) is 7.37. The molecule has 0 saturated heterocycles. The Labute approximate surface area is 248 Å². The van der Waals surface area contributed by atoms with E-state index in [2.05, 4.69) is 35.4 Å². The lowest BCUT2D eigenvalue weighted by atomic mass is 9.47. The van der Waals surface area contributed by atoms with Crippen molar-refractivity contribution in [3.05, 3.63) is 83.6 Å². The zero-order chi connectivity index (χ0) is 28.9. The summed E-state index contributed by atoms with van der Waals surface area (Å²) in [7, 11) is 0. The summed E-state index contributed by atoms with van der Waals surface area (Å²) in [5.41, 5.74) is 8.24. The van der Waals surface area contributed by atoms with Gasteiger partial charge in [-0.25, -0.2) is 10.2 Å². The van der Waals surface area contributed by atoms with Crippen LogP contribution in [0.3, 0.4) is 0 Å². The second-order valence-electron chi connectivity index (χ2n) is 13.6. The molecule has 2 N–H and O–H groups in total. The van der Waals surface area contributed by atoms with Gasteiger partial charge in [-0.1, -0.05) is 55.8 Å². The highest BCUT2D eigenvalue weighted by Crippen LogP contribution is 2.65. The van der Waals surface area contributed by atoms with Crippen LogP contribution in [0.5, 0.6) is 0 Å². The van der Waals surface area contributed by atoms with Crippen LogP contribution in [0.2, 0.25) is 0 Å². The number of nitrogens with zero attached hydrogens (tertiary/aromatic N) is 1. The van der Waals surface area contributed by atoms with E-state index in [4.69, 9.17) is 4.74 Å². The highest BCUT2D eigenvalue weighted by molar-refractivity contribution is 5.98. The van der Waals surface area contributed by atoms with Crippen LogP contribution in [-0.4, -0.2) is 28.7 Å². The fraction of sp³-hybridized carbons (Fsp3) is 0.472. The number of carbonyl (C=O) groups excluding carboxylic acids is 2. The number of amides is 1. The quantitative estimate of drug-likeness (QED) is 0.251. The molecule has 218 valence electrons. The molecule has 7 rings (SSSR count). The van der Waals surface area contributed by atoms with Crippen LogP contribution in [0, 0.1) is 28.6 Å². The van der Waals surface area contributed by atoms with Gasteiger partial charge in [-0.05, 0) is 104 Å². The molecule has 0 bridgehead atoms. The second-order valence-corrected chi connectivity index (χ2v) is 13.6. The van der Waals surface area contributed by atoms with Gasteiger partial charge in [0.05, 0.1) is 17.7 Å². The highest BCUT2D eigenvalue weighted by Gasteiger charge is 2.59. The van der Waals surface area contributed by atoms with E-state index in [9.17, 15) is 9.59 Å². The van der Waals surface area contributed by atoms with Crippen molar-refractivity contribution in [1.82, 2.24) is 10.4 Å². The Hall–Kier alpha value is -3.67. The van der Waals surface area contributed by atoms with Gasteiger partial charge in [0.1, 0.15) is 6.10 Å². The number of allylic oxidation sites excluding steroid dienone is 2. The lowest BCUT2D eigenvalue weighted by molar-refractivity contribution is -0.120. The monoisotopic (exact) mass is 563 g/mol. The number of carbonyl (C=O) groups is 2. The van der Waals surface area contributed by atoms with E-state index >= 15 is 0 Å². The van der Waals surface area contributed by atoms with E-state index in [-0.39, 0.29) is 28.8 Å². The maximum Gasteiger partial charge on any atom is 0.338 e. The number of fused-ring (bicyclic) bond motifs is 6. The molecule has 1 amide bonds. The average molecular weight is 564 g/mol. The van der Waals surface area contributed by atoms with Crippen molar-refractivity contribution in [3.8, 4) is 0 Å². The number of benzene rings is 2. The Kier molecular flexibility index (Phi) is 6.83. The molecule has 3 aromatic rings. The molecule has 0 unspecified atom stereocenters. The maximum absolute atomic E-state index is 12.9. The Morgan fingerprint density at radius 1 is 0.952 bits per heavy atom. The standard InChI is InChI=1S/C36H41N3O3/c1-35-18-16-26(38-39-33(40)20-24-22-37-31-11-7-6-10-27(24)31)21-25(35)12-13-28-29-14-15-32(36(29,2)19-17-30(28)35)42-34(41)23-8-4-3-5-9-23/h3-11,21-22,28-30,32,37H,12-20H2,1-2H3,(H,39,40)/b38-26-/t28-,29-,30-,32+,35-,36-/m0/s1. The summed E-state index contributed by atoms with van der Waals surface area (Å²) in [6, 6.07) is 17.5. The van der Waals surface area contributed by atoms with Crippen molar-refractivity contribution in [2.24, 2.45) is 33.7 Å². The SMILES string of the molecule is C[C@]12CC[C@H]3[C@@H](CCC4=C/C(=N\NC(=O)Cc5c[nH]c6ccccc56)CC[C@@]43C)[C@@H]1CC[C@H]2OC(=O)c1ccccc1. The molecule has 1 heterocycles. The Morgan fingerprint density at radius 2 is 1.76 bits per heavy atom. The zero-order valence-corrected chi connectivity index (χ0v) is 24.7. The molecule has 0 aliphatic heterocycles. The van der Waals surface area contributed by atoms with Gasteiger partial charge < -0.3 is 9.72 Å². The minimum absolute atomic E-state index is 0.00105. The van der Waals surface area contributed by atoms with Crippen molar-refractivity contribution < 1.29 is 14.3 Å². The first kappa shape index (κ1) is 27.2. The minimum Gasteiger partial charge on any atom is -0.458 e. The number of para-hydroxylation sites is 1. The molecule has 6 atom stereocenters. The molecule has 4 aliphatic carbocycles. The van der Waals surface area contributed by atoms with Gasteiger partial charge >= 0.3 is 5.97 Å². The second kappa shape index (κ2) is 10.6. The number of aromatic amines is 1. The van der Waals surface area contributed by atoms with Gasteiger partial charge in [0, 0.05) is 22.5 Å². The van der Waals surface area contributed by atoms with Crippen molar-refractivity contribution in [3.63, 3.8) is 0 Å². The van der Waals surface area contributed by atoms with E-state index in [1.54, 1.807) is 0 Å². The van der Waals surface area contributed by atoms with E-state index in [1.165, 1.54) is 18.4 Å². The van der Waals surface area contributed by atoms with Gasteiger partial charge in [0.2, 0.25) is 5.91 Å². The third-order valence-electron chi connectivity index (χ3n) is 11.5. The van der Waals surface area contributed by atoms with Crippen LogP contribution in [0.15, 0.2) is 77.5 Å². The molecule has 4 aliphatic rings. The van der Waals surface area contributed by atoms with E-state index in [0.717, 1.165) is 60.7 Å². The van der Waals surface area contributed by atoms with Gasteiger partial charge in [0.15, 0.2) is 0 Å². The number of aromatic nitrogens is 1. The number of nitrogens with one attached hydrogen (secondary N) is 2. The summed E-state index contributed by atoms with van der Waals surface area (Å²) >= 11 is 0. The number of hydrazone groups is 1. The zero-order valence-electron chi connectivity index (χ0n) is 24.7. The summed E-state index contributed by atoms with van der Waals surface area (Å²) in [6.45, 7) is 4.87. The molecule has 0 spiro atoms. The third-order valence-corrected chi connectivity index (χ3v) is 11.5. The number of H-pyrrole nitrogens is 1. The van der Waals surface area contributed by atoms with Crippen molar-refractivity contribution in [2.75, 3.05) is 0 Å². The molecule has 0 radical (unpaired) electrons. The molecular weight excluding hydrogens is 522 g/mol. The average Bonchev–Trinajstić information content (AvgIpc) is 3.56. The number of esters is 1. The van der Waals surface area contributed by atoms with E-state index in [0.29, 0.717) is 29.7 Å². The first-order valence-corrected chi connectivity index (χ1v) is 15.7. The van der Waals surface area contributed by atoms with Gasteiger partial charge in [-0.2, -0.15) is 5.10 Å². The molecular formula is C36H41N3O3. The number of hydrogen-bond acceptors (Lipinski definition) is 4. The molecule has 3 fully saturated rings. The Morgan fingerprint density at radius 3 is 2.62 bits per heavy atom. The molecule has 1 aromatic heterocycles. The van der Waals surface area contributed by atoms with Crippen molar-refractivity contribution >= 4 is 28.5 Å². The van der Waals surface area contributed by atoms with E-state index in [1.807, 2.05) is 60.8 Å². The largest absolute Gasteiger partial charge is 0.458 e. The summed E-state index contributed by atoms with van der Waals surface area (Å²) in [4.78, 5) is 28.9. The first-order valence-electron chi connectivity index (χ1n) is 15.7. The number of ether oxygens (including phenoxy) is 1. The van der Waals surface area contributed by atoms with Gasteiger partial charge in [-0.15, -0.1) is 0 Å². The Bertz CT molecular complexity index is 1570. The lowest BCUT2D eigenvalue weighted by Crippen LogP contribution is -2.51. The van der Waals surface area contributed by atoms with Gasteiger partial charge in [0.25, 0.3) is 0 Å². The van der Waals surface area contributed by atoms with E-state index < -0.39 is 0 Å². The van der Waals surface area contributed by atoms with Gasteiger partial charge in [-0.3, -0.25) is 4.79 Å². The maximum atomic E-state index is 12.9. The summed E-state index contributed by atoms with van der Waals surface area (Å²) < 4.78 is 6.19. The smallest absolute Gasteiger partial charge is 0.338 e. The van der Waals surface area contributed by atoms with Crippen LogP contribution in [0.25, 0.3) is 10.9 Å². The predicted molar refractivity (Wildman–Crippen MR) is 165 cm³/mol. The molecule has 6 nitrogen and oxygen atoms in total. The topological polar surface area (TPSA) is 83.6 Å². The van der Waals surface area contributed by atoms with Crippen molar-refractivity contribution in [2.45, 2.75) is 77.7 Å². The summed E-state index contributed by atoms with van der Waals surface area (Å²) in [5.74, 6) is 1.65. The fourth-order valence-corrected chi connectivity index (χ4v) is 9.20. The van der Waals surface area contributed by atoms with Crippen LogP contribution < -0.4 is 5.43 Å². The lowest BCUT2D eigenvalue weighted by Gasteiger charge is -2.58. The normalized spacial score (nSPS) is 32.9. The highest BCUT2D eigenvalue weighted by atomic mass is 16.5. The fourth-order valence-electron chi connectivity index (χ4n) is 9.20. The first-order chi connectivity index (χ1) is 20.3. The molecule has 42 heavy (non-hydrogen) atoms. The summed E-state index contributed by atoms with van der Waals surface area (Å²) in [6.07, 6.45) is 13.1. The van der Waals surface area contributed by atoms with Crippen molar-refractivity contribution in [1.29, 1.82) is 0 Å². The number of hydrogen-bond donors (Lipinski definition) is 2.